The lowest BCUT2D eigenvalue weighted by Gasteiger charge is -2.11. The Morgan fingerprint density at radius 3 is 2.60 bits per heavy atom. The van der Waals surface area contributed by atoms with Crippen LogP contribution in [0.15, 0.2) is 29.3 Å². The van der Waals surface area contributed by atoms with Crippen LogP contribution in [0.1, 0.15) is 10.6 Å². The van der Waals surface area contributed by atoms with Crippen LogP contribution in [0.2, 0.25) is 0 Å². The maximum absolute atomic E-state index is 11.9. The number of aromatic nitrogens is 2. The van der Waals surface area contributed by atoms with Gasteiger partial charge in [0, 0.05) is 25.2 Å². The molecule has 0 atom stereocenters. The second-order valence-corrected chi connectivity index (χ2v) is 7.50. The summed E-state index contributed by atoms with van der Waals surface area (Å²) in [5.41, 5.74) is 0.993. The molecule has 0 saturated heterocycles. The molecule has 2 aromatic heterocycles. The lowest BCUT2D eigenvalue weighted by Crippen LogP contribution is -2.22. The predicted molar refractivity (Wildman–Crippen MR) is 79.3 cm³/mol. The number of pyridine rings is 1. The number of hydrogen-bond donors (Lipinski definition) is 1. The molecule has 0 aliphatic carbocycles. The molecule has 0 bridgehead atoms. The highest BCUT2D eigenvalue weighted by atomic mass is 32.2. The van der Waals surface area contributed by atoms with Gasteiger partial charge in [-0.2, -0.15) is 4.37 Å². The van der Waals surface area contributed by atoms with Gasteiger partial charge < -0.3 is 5.32 Å². The largest absolute Gasteiger partial charge is 0.365 e. The highest BCUT2D eigenvalue weighted by Crippen LogP contribution is 2.15. The first-order valence-electron chi connectivity index (χ1n) is 5.94. The van der Waals surface area contributed by atoms with Crippen molar-refractivity contribution in [2.24, 2.45) is 0 Å². The summed E-state index contributed by atoms with van der Waals surface area (Å²) >= 11 is 1.44. The van der Waals surface area contributed by atoms with Crippen molar-refractivity contribution in [3.63, 3.8) is 0 Å². The molecule has 0 spiro atoms. The molecule has 0 fully saturated rings. The van der Waals surface area contributed by atoms with Gasteiger partial charge in [-0.25, -0.2) is 17.7 Å². The van der Waals surface area contributed by atoms with Gasteiger partial charge in [0.05, 0.1) is 12.2 Å². The van der Waals surface area contributed by atoms with E-state index in [1.54, 1.807) is 12.1 Å². The van der Waals surface area contributed by atoms with E-state index < -0.39 is 10.0 Å². The lowest BCUT2D eigenvalue weighted by atomic mass is 10.4. The van der Waals surface area contributed by atoms with Crippen LogP contribution in [0, 0.1) is 6.92 Å². The van der Waals surface area contributed by atoms with E-state index in [9.17, 15) is 8.42 Å². The molecule has 6 nitrogen and oxygen atoms in total. The fraction of sp³-hybridized carbons (Fsp3) is 0.333. The molecule has 20 heavy (non-hydrogen) atoms. The van der Waals surface area contributed by atoms with Crippen molar-refractivity contribution in [3.05, 3.63) is 35.0 Å². The van der Waals surface area contributed by atoms with Gasteiger partial charge in [-0.15, -0.1) is 0 Å². The molecule has 0 aliphatic heterocycles. The van der Waals surface area contributed by atoms with E-state index in [1.807, 2.05) is 13.0 Å². The highest BCUT2D eigenvalue weighted by Gasteiger charge is 2.17. The maximum Gasteiger partial charge on any atom is 0.244 e. The molecule has 0 radical (unpaired) electrons. The highest BCUT2D eigenvalue weighted by molar-refractivity contribution is 7.89. The number of nitrogens with one attached hydrogen (secondary N) is 1. The maximum atomic E-state index is 11.9. The Balaban J connectivity index is 2.05. The first-order valence-corrected chi connectivity index (χ1v) is 8.15. The van der Waals surface area contributed by atoms with E-state index in [4.69, 9.17) is 0 Å². The topological polar surface area (TPSA) is 75.2 Å². The summed E-state index contributed by atoms with van der Waals surface area (Å²) in [7, 11) is -0.435. The van der Waals surface area contributed by atoms with E-state index in [0.29, 0.717) is 12.4 Å². The van der Waals surface area contributed by atoms with Gasteiger partial charge in [-0.05, 0) is 36.7 Å². The smallest absolute Gasteiger partial charge is 0.244 e. The lowest BCUT2D eigenvalue weighted by molar-refractivity contribution is 0.520. The van der Waals surface area contributed by atoms with Crippen LogP contribution in [-0.4, -0.2) is 36.2 Å². The molecule has 0 amide bonds. The first-order chi connectivity index (χ1) is 9.39. The van der Waals surface area contributed by atoms with Crippen LogP contribution in [0.4, 0.5) is 5.82 Å². The molecule has 0 unspecified atom stereocenters. The van der Waals surface area contributed by atoms with Crippen molar-refractivity contribution in [3.8, 4) is 0 Å². The summed E-state index contributed by atoms with van der Waals surface area (Å²) in [6.07, 6.45) is 1.36. The van der Waals surface area contributed by atoms with Crippen molar-refractivity contribution in [1.29, 1.82) is 0 Å². The van der Waals surface area contributed by atoms with Crippen LogP contribution < -0.4 is 5.32 Å². The van der Waals surface area contributed by atoms with Gasteiger partial charge in [0.2, 0.25) is 10.0 Å². The van der Waals surface area contributed by atoms with Crippen molar-refractivity contribution in [2.45, 2.75) is 18.4 Å². The number of nitrogens with zero attached hydrogens (tertiary/aromatic N) is 3. The van der Waals surface area contributed by atoms with E-state index in [0.717, 1.165) is 14.9 Å². The molecule has 2 aromatic rings. The number of hydrogen-bond acceptors (Lipinski definition) is 6. The Morgan fingerprint density at radius 2 is 2.10 bits per heavy atom. The summed E-state index contributed by atoms with van der Waals surface area (Å²) in [6, 6.07) is 5.20. The predicted octanol–water partition coefficient (Wildman–Crippen LogP) is 1.71. The number of aryl methyl sites for hydroxylation is 1. The molecule has 2 heterocycles. The Hall–Kier alpha value is -1.51. The summed E-state index contributed by atoms with van der Waals surface area (Å²) in [5, 5.41) is 3.13. The van der Waals surface area contributed by atoms with Gasteiger partial charge in [0.25, 0.3) is 0 Å². The van der Waals surface area contributed by atoms with Crippen LogP contribution in [0.25, 0.3) is 0 Å². The average molecular weight is 312 g/mol. The van der Waals surface area contributed by atoms with Crippen molar-refractivity contribution in [1.82, 2.24) is 13.7 Å². The zero-order valence-electron chi connectivity index (χ0n) is 11.5. The molecule has 108 valence electrons. The van der Waals surface area contributed by atoms with Crippen molar-refractivity contribution in [2.75, 3.05) is 19.4 Å². The quantitative estimate of drug-likeness (QED) is 0.909. The summed E-state index contributed by atoms with van der Waals surface area (Å²) in [6.45, 7) is 2.57. The second-order valence-electron chi connectivity index (χ2n) is 4.45. The second kappa shape index (κ2) is 5.86. The Morgan fingerprint density at radius 1 is 1.35 bits per heavy atom. The normalized spacial score (nSPS) is 11.8. The van der Waals surface area contributed by atoms with E-state index >= 15 is 0 Å². The van der Waals surface area contributed by atoms with Gasteiger partial charge in [0.15, 0.2) is 0 Å². The summed E-state index contributed by atoms with van der Waals surface area (Å²) in [5.74, 6) is 0.633. The molecule has 2 rings (SSSR count). The molecular formula is C12H16N4O2S2. The Kier molecular flexibility index (Phi) is 4.36. The summed E-state index contributed by atoms with van der Waals surface area (Å²) < 4.78 is 29.1. The minimum Gasteiger partial charge on any atom is -0.365 e. The van der Waals surface area contributed by atoms with Crippen molar-refractivity contribution < 1.29 is 8.42 Å². The monoisotopic (exact) mass is 312 g/mol. The molecule has 8 heteroatoms. The SMILES string of the molecule is Cc1cc(CNc2ccc(S(=O)(=O)N(C)C)cn2)sn1. The van der Waals surface area contributed by atoms with Crippen LogP contribution in [-0.2, 0) is 16.6 Å². The zero-order valence-corrected chi connectivity index (χ0v) is 13.1. The van der Waals surface area contributed by atoms with Crippen LogP contribution in [0.3, 0.4) is 0 Å². The summed E-state index contributed by atoms with van der Waals surface area (Å²) in [4.78, 5) is 5.40. The Labute approximate surface area is 122 Å². The van der Waals surface area contributed by atoms with Gasteiger partial charge in [-0.1, -0.05) is 0 Å². The fourth-order valence-electron chi connectivity index (χ4n) is 1.53. The number of sulfonamides is 1. The third-order valence-electron chi connectivity index (χ3n) is 2.64. The number of anilines is 1. The van der Waals surface area contributed by atoms with Crippen LogP contribution >= 0.6 is 11.5 Å². The molecule has 0 aliphatic rings. The van der Waals surface area contributed by atoms with Gasteiger partial charge in [-0.3, -0.25) is 0 Å². The third-order valence-corrected chi connectivity index (χ3v) is 5.31. The molecule has 0 aromatic carbocycles. The van der Waals surface area contributed by atoms with Crippen LogP contribution in [0.5, 0.6) is 0 Å². The molecule has 1 N–H and O–H groups in total. The minimum absolute atomic E-state index is 0.182. The van der Waals surface area contributed by atoms with Crippen molar-refractivity contribution >= 4 is 27.4 Å². The van der Waals surface area contributed by atoms with E-state index in [1.165, 1.54) is 31.8 Å². The standard InChI is InChI=1S/C12H16N4O2S2/c1-9-6-10(19-15-9)7-13-12-5-4-11(8-14-12)20(17,18)16(2)3/h4-6,8H,7H2,1-3H3,(H,13,14). The fourth-order valence-corrected chi connectivity index (χ4v) is 3.05. The van der Waals surface area contributed by atoms with E-state index in [2.05, 4.69) is 14.7 Å². The first kappa shape index (κ1) is 14.9. The minimum atomic E-state index is -3.42. The van der Waals surface area contributed by atoms with Gasteiger partial charge in [0.1, 0.15) is 10.7 Å². The molecular weight excluding hydrogens is 296 g/mol. The van der Waals surface area contributed by atoms with Gasteiger partial charge >= 0.3 is 0 Å². The number of rotatable bonds is 5. The zero-order chi connectivity index (χ0) is 14.8. The Bertz CT molecular complexity index is 678. The molecule has 0 saturated carbocycles. The average Bonchev–Trinajstić information content (AvgIpc) is 2.82. The third kappa shape index (κ3) is 3.33. The van der Waals surface area contributed by atoms with E-state index in [-0.39, 0.29) is 4.90 Å².